The molecule has 0 bridgehead atoms. The van der Waals surface area contributed by atoms with Gasteiger partial charge in [-0.15, -0.1) is 0 Å². The van der Waals surface area contributed by atoms with Gasteiger partial charge in [-0.25, -0.2) is 0 Å². The van der Waals surface area contributed by atoms with E-state index in [9.17, 15) is 0 Å². The zero-order valence-electron chi connectivity index (χ0n) is 20.3. The van der Waals surface area contributed by atoms with Crippen LogP contribution in [0.2, 0.25) is 0 Å². The quantitative estimate of drug-likeness (QED) is 0.292. The minimum absolute atomic E-state index is 0.0173. The Morgan fingerprint density at radius 1 is 0.455 bits per heavy atom. The van der Waals surface area contributed by atoms with Crippen LogP contribution < -0.4 is 5.32 Å². The van der Waals surface area contributed by atoms with Gasteiger partial charge < -0.3 is 5.32 Å². The lowest BCUT2D eigenvalue weighted by atomic mass is 9.74. The van der Waals surface area contributed by atoms with E-state index in [1.54, 1.807) is 0 Å². The van der Waals surface area contributed by atoms with Crippen molar-refractivity contribution in [2.45, 2.75) is 51.4 Å². The van der Waals surface area contributed by atoms with Gasteiger partial charge in [0.2, 0.25) is 0 Å². The standard InChI is InChI=1S/C32H35N/c1-5-31(3,25-13-9-7-10-14-25)27-17-21-29(22-18-27)33-30-23-19-28(20-24-30)32(4,6-2)26-15-11-8-12-16-26/h7-24,33H,5-6H2,1-4H3. The summed E-state index contributed by atoms with van der Waals surface area (Å²) in [6.45, 7) is 9.20. The van der Waals surface area contributed by atoms with Gasteiger partial charge in [0.25, 0.3) is 0 Å². The van der Waals surface area contributed by atoms with Gasteiger partial charge in [0.05, 0.1) is 0 Å². The zero-order chi connectivity index (χ0) is 23.3. The fourth-order valence-electron chi connectivity index (χ4n) is 4.77. The largest absolute Gasteiger partial charge is 0.356 e. The molecule has 0 radical (unpaired) electrons. The second kappa shape index (κ2) is 9.67. The van der Waals surface area contributed by atoms with Gasteiger partial charge in [-0.05, 0) is 59.4 Å². The van der Waals surface area contributed by atoms with Crippen molar-refractivity contribution in [3.8, 4) is 0 Å². The van der Waals surface area contributed by atoms with E-state index in [2.05, 4.69) is 142 Å². The van der Waals surface area contributed by atoms with Crippen LogP contribution in [0.5, 0.6) is 0 Å². The summed E-state index contributed by atoms with van der Waals surface area (Å²) in [7, 11) is 0. The molecule has 0 aliphatic heterocycles. The second-order valence-corrected chi connectivity index (χ2v) is 9.38. The smallest absolute Gasteiger partial charge is 0.0384 e. The molecular weight excluding hydrogens is 398 g/mol. The van der Waals surface area contributed by atoms with Gasteiger partial charge in [0.1, 0.15) is 0 Å². The van der Waals surface area contributed by atoms with Crippen LogP contribution in [0.4, 0.5) is 11.4 Å². The summed E-state index contributed by atoms with van der Waals surface area (Å²) in [6.07, 6.45) is 2.12. The molecule has 1 N–H and O–H groups in total. The molecule has 2 unspecified atom stereocenters. The van der Waals surface area contributed by atoms with E-state index in [1.807, 2.05) is 0 Å². The van der Waals surface area contributed by atoms with Crippen LogP contribution in [0.1, 0.15) is 62.8 Å². The third-order valence-corrected chi connectivity index (χ3v) is 7.57. The Morgan fingerprint density at radius 2 is 0.758 bits per heavy atom. The number of nitrogens with one attached hydrogen (secondary N) is 1. The minimum atomic E-state index is 0.0173. The maximum Gasteiger partial charge on any atom is 0.0384 e. The van der Waals surface area contributed by atoms with Gasteiger partial charge in [-0.1, -0.05) is 113 Å². The van der Waals surface area contributed by atoms with Crippen molar-refractivity contribution in [2.75, 3.05) is 5.32 Å². The van der Waals surface area contributed by atoms with Crippen LogP contribution >= 0.6 is 0 Å². The fraction of sp³-hybridized carbons (Fsp3) is 0.250. The van der Waals surface area contributed by atoms with Crippen LogP contribution in [0.25, 0.3) is 0 Å². The topological polar surface area (TPSA) is 12.0 Å². The predicted molar refractivity (Wildman–Crippen MR) is 143 cm³/mol. The number of hydrogen-bond donors (Lipinski definition) is 1. The molecule has 2 atom stereocenters. The zero-order valence-corrected chi connectivity index (χ0v) is 20.3. The molecule has 4 aromatic carbocycles. The van der Waals surface area contributed by atoms with Gasteiger partial charge in [-0.2, -0.15) is 0 Å². The van der Waals surface area contributed by atoms with E-state index < -0.39 is 0 Å². The molecule has 0 aliphatic carbocycles. The van der Waals surface area contributed by atoms with Crippen molar-refractivity contribution >= 4 is 11.4 Å². The molecule has 0 heterocycles. The summed E-state index contributed by atoms with van der Waals surface area (Å²) >= 11 is 0. The highest BCUT2D eigenvalue weighted by Crippen LogP contribution is 2.37. The van der Waals surface area contributed by atoms with Crippen molar-refractivity contribution in [3.63, 3.8) is 0 Å². The first kappa shape index (κ1) is 22.9. The molecule has 0 fully saturated rings. The summed E-state index contributed by atoms with van der Waals surface area (Å²) in [6, 6.07) is 39.4. The molecule has 0 aliphatic rings. The number of benzene rings is 4. The molecule has 1 nitrogen and oxygen atoms in total. The van der Waals surface area contributed by atoms with Crippen molar-refractivity contribution in [1.29, 1.82) is 0 Å². The summed E-state index contributed by atoms with van der Waals surface area (Å²) < 4.78 is 0. The molecule has 0 saturated carbocycles. The van der Waals surface area contributed by atoms with Gasteiger partial charge >= 0.3 is 0 Å². The lowest BCUT2D eigenvalue weighted by Gasteiger charge is -2.30. The summed E-state index contributed by atoms with van der Waals surface area (Å²) in [5, 5.41) is 3.58. The summed E-state index contributed by atoms with van der Waals surface area (Å²) in [5.41, 5.74) is 7.67. The lowest BCUT2D eigenvalue weighted by molar-refractivity contribution is 0.550. The Balaban J connectivity index is 1.52. The number of rotatable bonds is 8. The highest BCUT2D eigenvalue weighted by molar-refractivity contribution is 5.61. The Labute approximate surface area is 199 Å². The van der Waals surface area contributed by atoms with Crippen molar-refractivity contribution in [1.82, 2.24) is 0 Å². The first-order valence-corrected chi connectivity index (χ1v) is 12.1. The Morgan fingerprint density at radius 3 is 1.06 bits per heavy atom. The van der Waals surface area contributed by atoms with Crippen LogP contribution in [-0.4, -0.2) is 0 Å². The second-order valence-electron chi connectivity index (χ2n) is 9.38. The summed E-state index contributed by atoms with van der Waals surface area (Å²) in [5.74, 6) is 0. The fourth-order valence-corrected chi connectivity index (χ4v) is 4.77. The van der Waals surface area contributed by atoms with E-state index in [-0.39, 0.29) is 10.8 Å². The van der Waals surface area contributed by atoms with E-state index in [0.717, 1.165) is 24.2 Å². The molecule has 1 heteroatoms. The highest BCUT2D eigenvalue weighted by Gasteiger charge is 2.27. The normalized spacial score (nSPS) is 14.8. The summed E-state index contributed by atoms with van der Waals surface area (Å²) in [4.78, 5) is 0. The van der Waals surface area contributed by atoms with E-state index >= 15 is 0 Å². The highest BCUT2D eigenvalue weighted by atomic mass is 14.9. The van der Waals surface area contributed by atoms with Crippen LogP contribution in [0, 0.1) is 0 Å². The molecule has 0 spiro atoms. The average Bonchev–Trinajstić information content (AvgIpc) is 2.89. The Kier molecular flexibility index (Phi) is 6.70. The van der Waals surface area contributed by atoms with Gasteiger partial charge in [0, 0.05) is 22.2 Å². The molecule has 0 aromatic heterocycles. The molecule has 4 aromatic rings. The lowest BCUT2D eigenvalue weighted by Crippen LogP contribution is -2.22. The number of hydrogen-bond acceptors (Lipinski definition) is 1. The van der Waals surface area contributed by atoms with E-state index in [4.69, 9.17) is 0 Å². The minimum Gasteiger partial charge on any atom is -0.356 e. The average molecular weight is 434 g/mol. The van der Waals surface area contributed by atoms with Crippen molar-refractivity contribution < 1.29 is 0 Å². The third kappa shape index (κ3) is 4.59. The third-order valence-electron chi connectivity index (χ3n) is 7.57. The van der Waals surface area contributed by atoms with Crippen molar-refractivity contribution in [3.05, 3.63) is 131 Å². The first-order valence-electron chi connectivity index (χ1n) is 12.1. The van der Waals surface area contributed by atoms with Gasteiger partial charge in [0.15, 0.2) is 0 Å². The van der Waals surface area contributed by atoms with Crippen molar-refractivity contribution in [2.24, 2.45) is 0 Å². The predicted octanol–water partition coefficient (Wildman–Crippen LogP) is 8.86. The van der Waals surface area contributed by atoms with E-state index in [0.29, 0.717) is 0 Å². The molecule has 0 saturated heterocycles. The van der Waals surface area contributed by atoms with Crippen LogP contribution in [0.15, 0.2) is 109 Å². The van der Waals surface area contributed by atoms with Crippen LogP contribution in [0.3, 0.4) is 0 Å². The van der Waals surface area contributed by atoms with Gasteiger partial charge in [-0.3, -0.25) is 0 Å². The molecule has 4 rings (SSSR count). The maximum absolute atomic E-state index is 3.58. The Hall–Kier alpha value is -3.32. The molecule has 33 heavy (non-hydrogen) atoms. The first-order chi connectivity index (χ1) is 16.0. The SMILES string of the molecule is CCC(C)(c1ccccc1)c1ccc(Nc2ccc(C(C)(CC)c3ccccc3)cc2)cc1. The number of anilines is 2. The molecule has 0 amide bonds. The van der Waals surface area contributed by atoms with E-state index in [1.165, 1.54) is 22.3 Å². The van der Waals surface area contributed by atoms with Crippen LogP contribution in [-0.2, 0) is 10.8 Å². The Bertz CT molecular complexity index is 1050. The maximum atomic E-state index is 3.58. The molecular formula is C32H35N. The monoisotopic (exact) mass is 433 g/mol. The molecule has 168 valence electrons.